The van der Waals surface area contributed by atoms with Crippen molar-refractivity contribution in [3.8, 4) is 6.07 Å². The van der Waals surface area contributed by atoms with Crippen molar-refractivity contribution in [1.29, 1.82) is 5.26 Å². The average molecular weight is 233 g/mol. The third-order valence-electron chi connectivity index (χ3n) is 2.56. The summed E-state index contributed by atoms with van der Waals surface area (Å²) in [7, 11) is 0. The van der Waals surface area contributed by atoms with E-state index < -0.39 is 0 Å². The Bertz CT molecular complexity index is 357. The van der Waals surface area contributed by atoms with E-state index in [2.05, 4.69) is 30.5 Å². The van der Waals surface area contributed by atoms with E-state index in [4.69, 9.17) is 5.26 Å². The zero-order chi connectivity index (χ0) is 11.6. The van der Waals surface area contributed by atoms with Crippen molar-refractivity contribution >= 4 is 17.4 Å². The van der Waals surface area contributed by atoms with Crippen molar-refractivity contribution in [3.63, 3.8) is 0 Å². The maximum absolute atomic E-state index is 8.47. The van der Waals surface area contributed by atoms with Crippen LogP contribution in [0.2, 0.25) is 0 Å². The second-order valence-electron chi connectivity index (χ2n) is 3.89. The first-order valence-electron chi connectivity index (χ1n) is 5.98. The highest BCUT2D eigenvalue weighted by atomic mass is 32.1. The van der Waals surface area contributed by atoms with Gasteiger partial charge in [-0.2, -0.15) is 5.26 Å². The van der Waals surface area contributed by atoms with E-state index in [-0.39, 0.29) is 0 Å². The second kappa shape index (κ2) is 8.13. The van der Waals surface area contributed by atoms with E-state index in [0.29, 0.717) is 6.42 Å². The van der Waals surface area contributed by atoms with Crippen LogP contribution < -0.4 is 0 Å². The molecule has 0 N–H and O–H groups in total. The summed E-state index contributed by atoms with van der Waals surface area (Å²) in [6.45, 7) is 2.24. The molecule has 0 bridgehead atoms. The normalized spacial score (nSPS) is 10.8. The van der Waals surface area contributed by atoms with E-state index in [1.807, 2.05) is 6.08 Å². The van der Waals surface area contributed by atoms with Crippen LogP contribution in [0.25, 0.3) is 6.08 Å². The van der Waals surface area contributed by atoms with Crippen LogP contribution in [0.4, 0.5) is 0 Å². The number of hydrogen-bond acceptors (Lipinski definition) is 2. The topological polar surface area (TPSA) is 23.8 Å². The fraction of sp³-hybridized carbons (Fsp3) is 0.500. The van der Waals surface area contributed by atoms with Crippen molar-refractivity contribution in [2.75, 3.05) is 0 Å². The molecular weight excluding hydrogens is 214 g/mol. The Balaban J connectivity index is 2.41. The van der Waals surface area contributed by atoms with Gasteiger partial charge in [0, 0.05) is 4.88 Å². The third-order valence-corrected chi connectivity index (χ3v) is 3.48. The maximum atomic E-state index is 8.47. The summed E-state index contributed by atoms with van der Waals surface area (Å²) in [5, 5.41) is 10.6. The fourth-order valence-corrected chi connectivity index (χ4v) is 2.54. The molecule has 0 aromatic carbocycles. The number of allylic oxidation sites excluding steroid dienone is 1. The lowest BCUT2D eigenvalue weighted by Crippen LogP contribution is -1.85. The molecule has 1 aromatic heterocycles. The van der Waals surface area contributed by atoms with Crippen molar-refractivity contribution < 1.29 is 0 Å². The molecule has 0 unspecified atom stereocenters. The van der Waals surface area contributed by atoms with Gasteiger partial charge in [-0.1, -0.05) is 32.3 Å². The number of nitriles is 1. The van der Waals surface area contributed by atoms with Crippen LogP contribution in [-0.2, 0) is 6.42 Å². The van der Waals surface area contributed by atoms with E-state index in [1.165, 1.54) is 42.5 Å². The predicted octanol–water partition coefficient (Wildman–Crippen LogP) is 4.80. The second-order valence-corrected chi connectivity index (χ2v) is 4.83. The Labute approximate surface area is 102 Å². The number of nitrogens with zero attached hydrogens (tertiary/aromatic N) is 1. The molecule has 0 aliphatic carbocycles. The Kier molecular flexibility index (Phi) is 6.60. The Morgan fingerprint density at radius 1 is 1.38 bits per heavy atom. The first-order chi connectivity index (χ1) is 7.88. The molecule has 16 heavy (non-hydrogen) atoms. The van der Waals surface area contributed by atoms with Gasteiger partial charge in [0.25, 0.3) is 0 Å². The molecule has 0 saturated heterocycles. The molecule has 0 amide bonds. The summed E-state index contributed by atoms with van der Waals surface area (Å²) in [6.07, 6.45) is 11.0. The summed E-state index contributed by atoms with van der Waals surface area (Å²) in [4.78, 5) is 1.33. The molecular formula is C14H19NS. The number of rotatable bonds is 7. The van der Waals surface area contributed by atoms with Gasteiger partial charge in [0.05, 0.1) is 12.5 Å². The van der Waals surface area contributed by atoms with E-state index in [0.717, 1.165) is 0 Å². The maximum Gasteiger partial charge on any atom is 0.0663 e. The predicted molar refractivity (Wildman–Crippen MR) is 71.4 cm³/mol. The Morgan fingerprint density at radius 2 is 2.25 bits per heavy atom. The van der Waals surface area contributed by atoms with Crippen LogP contribution in [0.15, 0.2) is 17.5 Å². The minimum atomic E-state index is 0.507. The molecule has 0 spiro atoms. The van der Waals surface area contributed by atoms with Gasteiger partial charge in [-0.25, -0.2) is 0 Å². The van der Waals surface area contributed by atoms with Gasteiger partial charge in [-0.15, -0.1) is 11.3 Å². The van der Waals surface area contributed by atoms with Crippen LogP contribution in [0.1, 0.15) is 49.5 Å². The van der Waals surface area contributed by atoms with Gasteiger partial charge in [-0.05, 0) is 35.9 Å². The molecule has 2 heteroatoms. The van der Waals surface area contributed by atoms with Crippen molar-refractivity contribution in [1.82, 2.24) is 0 Å². The van der Waals surface area contributed by atoms with Crippen molar-refractivity contribution in [3.05, 3.63) is 28.0 Å². The van der Waals surface area contributed by atoms with E-state index in [9.17, 15) is 0 Å². The van der Waals surface area contributed by atoms with Crippen LogP contribution >= 0.6 is 11.3 Å². The highest BCUT2D eigenvalue weighted by Gasteiger charge is 2.00. The van der Waals surface area contributed by atoms with Gasteiger partial charge >= 0.3 is 0 Å². The highest BCUT2D eigenvalue weighted by molar-refractivity contribution is 7.11. The molecule has 0 aliphatic rings. The molecule has 0 aliphatic heterocycles. The number of unbranched alkanes of at least 4 members (excludes halogenated alkanes) is 3. The number of hydrogen-bond donors (Lipinski definition) is 0. The van der Waals surface area contributed by atoms with Gasteiger partial charge in [0.2, 0.25) is 0 Å². The first kappa shape index (κ1) is 13.0. The molecule has 0 saturated carbocycles. The van der Waals surface area contributed by atoms with E-state index in [1.54, 1.807) is 11.3 Å². The average Bonchev–Trinajstić information content (AvgIpc) is 2.73. The zero-order valence-electron chi connectivity index (χ0n) is 9.91. The van der Waals surface area contributed by atoms with Crippen LogP contribution in [-0.4, -0.2) is 0 Å². The first-order valence-corrected chi connectivity index (χ1v) is 6.86. The highest BCUT2D eigenvalue weighted by Crippen LogP contribution is 2.21. The standard InChI is InChI=1S/C14H19NS/c1-2-3-4-5-8-13-10-12-16-14(13)9-6-7-11-15/h6,9-10,12H,2-5,7-8H2,1H3. The summed E-state index contributed by atoms with van der Waals surface area (Å²) >= 11 is 1.77. The number of thiophene rings is 1. The van der Waals surface area contributed by atoms with Crippen LogP contribution in [0.3, 0.4) is 0 Å². The molecule has 0 atom stereocenters. The lowest BCUT2D eigenvalue weighted by atomic mass is 10.1. The molecule has 1 rings (SSSR count). The quantitative estimate of drug-likeness (QED) is 0.621. The van der Waals surface area contributed by atoms with Gasteiger partial charge < -0.3 is 0 Å². The smallest absolute Gasteiger partial charge is 0.0663 e. The van der Waals surface area contributed by atoms with E-state index >= 15 is 0 Å². The lowest BCUT2D eigenvalue weighted by molar-refractivity contribution is 0.667. The van der Waals surface area contributed by atoms with Gasteiger partial charge in [0.1, 0.15) is 0 Å². The minimum absolute atomic E-state index is 0.507. The van der Waals surface area contributed by atoms with Crippen molar-refractivity contribution in [2.45, 2.75) is 45.4 Å². The molecule has 1 nitrogen and oxygen atoms in total. The van der Waals surface area contributed by atoms with Crippen molar-refractivity contribution in [2.24, 2.45) is 0 Å². The van der Waals surface area contributed by atoms with Gasteiger partial charge in [0.15, 0.2) is 0 Å². The molecule has 0 fully saturated rings. The monoisotopic (exact) mass is 233 g/mol. The van der Waals surface area contributed by atoms with Crippen LogP contribution in [0.5, 0.6) is 0 Å². The van der Waals surface area contributed by atoms with Crippen LogP contribution in [0, 0.1) is 11.3 Å². The largest absolute Gasteiger partial charge is 0.198 e. The third kappa shape index (κ3) is 4.63. The summed E-state index contributed by atoms with van der Waals surface area (Å²) < 4.78 is 0. The Hall–Kier alpha value is -1.07. The minimum Gasteiger partial charge on any atom is -0.198 e. The number of aryl methyl sites for hydroxylation is 1. The zero-order valence-corrected chi connectivity index (χ0v) is 10.7. The Morgan fingerprint density at radius 3 is 3.00 bits per heavy atom. The molecule has 86 valence electrons. The molecule has 0 radical (unpaired) electrons. The summed E-state index contributed by atoms with van der Waals surface area (Å²) in [5.41, 5.74) is 1.44. The summed E-state index contributed by atoms with van der Waals surface area (Å²) in [6, 6.07) is 4.34. The fourth-order valence-electron chi connectivity index (χ4n) is 1.66. The molecule has 1 aromatic rings. The lowest BCUT2D eigenvalue weighted by Gasteiger charge is -1.99. The molecule has 1 heterocycles. The summed E-state index contributed by atoms with van der Waals surface area (Å²) in [5.74, 6) is 0. The van der Waals surface area contributed by atoms with Gasteiger partial charge in [-0.3, -0.25) is 0 Å². The SMILES string of the molecule is CCCCCCc1ccsc1C=CCC#N.